The molecule has 74 valence electrons. The maximum Gasteiger partial charge on any atom is 0.201 e. The lowest BCUT2D eigenvalue weighted by Gasteiger charge is -2.13. The van der Waals surface area contributed by atoms with E-state index in [4.69, 9.17) is 0 Å². The molecule has 0 radical (unpaired) electrons. The molecule has 15 heavy (non-hydrogen) atoms. The Morgan fingerprint density at radius 2 is 2.13 bits per heavy atom. The molecular weight excluding hydrogens is 190 g/mol. The second-order valence-corrected chi connectivity index (χ2v) is 3.67. The Hall–Kier alpha value is -1.78. The van der Waals surface area contributed by atoms with Gasteiger partial charge in [-0.2, -0.15) is 5.21 Å². The first-order valence-corrected chi connectivity index (χ1v) is 4.79. The van der Waals surface area contributed by atoms with Crippen LogP contribution in [0.1, 0.15) is 11.1 Å². The quantitative estimate of drug-likeness (QED) is 0.643. The Labute approximate surface area is 87.0 Å². The van der Waals surface area contributed by atoms with E-state index < -0.39 is 4.76 Å². The molecule has 3 rings (SSSR count). The lowest BCUT2D eigenvalue weighted by molar-refractivity contribution is -1.04. The van der Waals surface area contributed by atoms with Gasteiger partial charge in [0.05, 0.1) is 11.6 Å². The van der Waals surface area contributed by atoms with E-state index in [9.17, 15) is 5.21 Å². The molecule has 2 aliphatic rings. The Kier molecular flexibility index (Phi) is 1.62. The third-order valence-corrected chi connectivity index (χ3v) is 2.71. The summed E-state index contributed by atoms with van der Waals surface area (Å²) in [7, 11) is 0. The number of benzene rings is 1. The van der Waals surface area contributed by atoms with Crippen molar-refractivity contribution in [1.82, 2.24) is 0 Å². The number of quaternary nitrogens is 1. The third kappa shape index (κ3) is 1.23. The van der Waals surface area contributed by atoms with Gasteiger partial charge in [-0.15, -0.1) is 0 Å². The molecule has 0 aliphatic carbocycles. The third-order valence-electron chi connectivity index (χ3n) is 2.71. The van der Waals surface area contributed by atoms with Crippen LogP contribution in [-0.2, 0) is 6.42 Å². The first-order valence-electron chi connectivity index (χ1n) is 4.79. The predicted octanol–water partition coefficient (Wildman–Crippen LogP) is 2.64. The van der Waals surface area contributed by atoms with E-state index >= 15 is 0 Å². The summed E-state index contributed by atoms with van der Waals surface area (Å²) >= 11 is 0. The van der Waals surface area contributed by atoms with E-state index in [0.717, 1.165) is 11.3 Å². The van der Waals surface area contributed by atoms with Crippen molar-refractivity contribution in [2.75, 3.05) is 0 Å². The number of fused-ring (bicyclic) bond motifs is 2. The van der Waals surface area contributed by atoms with Crippen LogP contribution in [0.3, 0.4) is 0 Å². The van der Waals surface area contributed by atoms with E-state index in [1.54, 1.807) is 12.4 Å². The Balaban J connectivity index is 2.14. The fourth-order valence-corrected chi connectivity index (χ4v) is 1.84. The largest absolute Gasteiger partial charge is 0.201 e. The van der Waals surface area contributed by atoms with Crippen molar-refractivity contribution in [3.8, 4) is 0 Å². The molecule has 1 aromatic carbocycles. The highest BCUT2D eigenvalue weighted by Crippen LogP contribution is 2.31. The fraction of sp³-hybridized carbons (Fsp3) is 0.0909. The van der Waals surface area contributed by atoms with E-state index in [1.165, 1.54) is 5.56 Å². The van der Waals surface area contributed by atoms with Gasteiger partial charge in [-0.3, -0.25) is 0 Å². The molecule has 0 saturated carbocycles. The molecule has 1 N–H and O–H groups in total. The van der Waals surface area contributed by atoms with Crippen molar-refractivity contribution >= 4 is 6.08 Å². The van der Waals surface area contributed by atoms with Gasteiger partial charge in [-0.25, -0.2) is 0 Å². The summed E-state index contributed by atoms with van der Waals surface area (Å²) in [4.78, 5) is 0. The molecule has 0 fully saturated rings. The van der Waals surface area contributed by atoms with E-state index in [-0.39, 0.29) is 0 Å². The van der Waals surface area contributed by atoms with Crippen LogP contribution in [0.5, 0.6) is 0 Å². The summed E-state index contributed by atoms with van der Waals surface area (Å²) in [6.45, 7) is 0. The first-order chi connectivity index (χ1) is 7.28. The number of hydrogen-bond acceptors (Lipinski definition) is 3. The van der Waals surface area contributed by atoms with Crippen LogP contribution >= 0.6 is 0 Å². The number of hydroxylamine groups is 2. The van der Waals surface area contributed by atoms with Gasteiger partial charge in [-0.05, 0) is 11.1 Å². The zero-order valence-corrected chi connectivity index (χ0v) is 8.04. The Bertz CT molecular complexity index is 504. The maximum atomic E-state index is 10.1. The van der Waals surface area contributed by atoms with Gasteiger partial charge in [0, 0.05) is 10.8 Å². The van der Waals surface area contributed by atoms with E-state index in [0.29, 0.717) is 6.42 Å². The number of nitrogens with zero attached hydrogens (tertiary/aromatic N) is 3. The summed E-state index contributed by atoms with van der Waals surface area (Å²) in [6.07, 6.45) is 5.80. The lowest BCUT2D eigenvalue weighted by atomic mass is 10.0. The summed E-state index contributed by atoms with van der Waals surface area (Å²) < 4.78 is -0.533. The highest BCUT2D eigenvalue weighted by Gasteiger charge is 2.36. The molecule has 2 aliphatic heterocycles. The van der Waals surface area contributed by atoms with Crippen molar-refractivity contribution < 1.29 is 9.96 Å². The summed E-state index contributed by atoms with van der Waals surface area (Å²) in [5, 5.41) is 17.6. The zero-order valence-electron chi connectivity index (χ0n) is 8.04. The monoisotopic (exact) mass is 200 g/mol. The molecule has 0 saturated heterocycles. The van der Waals surface area contributed by atoms with Gasteiger partial charge < -0.3 is 0 Å². The van der Waals surface area contributed by atoms with Crippen molar-refractivity contribution in [3.63, 3.8) is 0 Å². The summed E-state index contributed by atoms with van der Waals surface area (Å²) in [5.41, 5.74) is 3.08. The topological polar surface area (TPSA) is 45.0 Å². The minimum atomic E-state index is -0.533. The van der Waals surface area contributed by atoms with Crippen molar-refractivity contribution in [1.29, 1.82) is 0 Å². The molecule has 0 aromatic heterocycles. The molecule has 0 amide bonds. The summed E-state index contributed by atoms with van der Waals surface area (Å²) in [5.74, 6) is 0. The average Bonchev–Trinajstić information content (AvgIpc) is 2.54. The lowest BCUT2D eigenvalue weighted by Crippen LogP contribution is -2.29. The SMILES string of the molecule is O[N+]12C=Cc3ccccc3CC1=CN=N2. The van der Waals surface area contributed by atoms with Crippen molar-refractivity contribution in [2.24, 2.45) is 10.3 Å². The van der Waals surface area contributed by atoms with E-state index in [1.807, 2.05) is 24.3 Å². The van der Waals surface area contributed by atoms with Gasteiger partial charge in [0.15, 0.2) is 6.20 Å². The van der Waals surface area contributed by atoms with Crippen LogP contribution in [-0.4, -0.2) is 9.96 Å². The van der Waals surface area contributed by atoms with Crippen molar-refractivity contribution in [3.05, 3.63) is 53.5 Å². The van der Waals surface area contributed by atoms with Gasteiger partial charge in [-0.1, -0.05) is 29.4 Å². The Morgan fingerprint density at radius 3 is 3.07 bits per heavy atom. The molecule has 2 heterocycles. The van der Waals surface area contributed by atoms with Gasteiger partial charge in [0.25, 0.3) is 0 Å². The van der Waals surface area contributed by atoms with Crippen LogP contribution in [0.25, 0.3) is 6.08 Å². The van der Waals surface area contributed by atoms with Crippen LogP contribution in [0.15, 0.2) is 52.7 Å². The van der Waals surface area contributed by atoms with Crippen LogP contribution in [0.2, 0.25) is 0 Å². The van der Waals surface area contributed by atoms with Crippen molar-refractivity contribution in [2.45, 2.75) is 6.42 Å². The standard InChI is InChI=1S/C11H10N3O/c15-14-6-5-9-3-1-2-4-10(9)7-11(14)8-12-13-14/h1-6,8,15H,7H2/q+1. The first kappa shape index (κ1) is 8.52. The molecule has 1 unspecified atom stereocenters. The molecule has 1 atom stereocenters. The highest BCUT2D eigenvalue weighted by atomic mass is 16.6. The average molecular weight is 200 g/mol. The number of hydrogen-bond donors (Lipinski definition) is 1. The van der Waals surface area contributed by atoms with Crippen LogP contribution < -0.4 is 0 Å². The van der Waals surface area contributed by atoms with Gasteiger partial charge >= 0.3 is 0 Å². The predicted molar refractivity (Wildman–Crippen MR) is 54.2 cm³/mol. The van der Waals surface area contributed by atoms with Crippen LogP contribution in [0, 0.1) is 0 Å². The molecule has 1 aromatic rings. The van der Waals surface area contributed by atoms with Gasteiger partial charge in [0.2, 0.25) is 5.70 Å². The second-order valence-electron chi connectivity index (χ2n) is 3.67. The smallest absolute Gasteiger partial charge is 0.176 e. The Morgan fingerprint density at radius 1 is 1.27 bits per heavy atom. The number of allylic oxidation sites excluding steroid dienone is 1. The molecule has 4 heteroatoms. The highest BCUT2D eigenvalue weighted by molar-refractivity contribution is 5.54. The fourth-order valence-electron chi connectivity index (χ4n) is 1.84. The van der Waals surface area contributed by atoms with E-state index in [2.05, 4.69) is 16.4 Å². The van der Waals surface area contributed by atoms with Gasteiger partial charge in [0.1, 0.15) is 6.20 Å². The molecule has 4 nitrogen and oxygen atoms in total. The second kappa shape index (κ2) is 2.85. The summed E-state index contributed by atoms with van der Waals surface area (Å²) in [6, 6.07) is 8.05. The molecule has 0 spiro atoms. The maximum absolute atomic E-state index is 10.1. The molecular formula is C11H10N3O+. The minimum Gasteiger partial charge on any atom is -0.176 e. The van der Waals surface area contributed by atoms with Crippen LogP contribution in [0.4, 0.5) is 0 Å². The normalized spacial score (nSPS) is 26.9. The molecule has 0 bridgehead atoms. The minimum absolute atomic E-state index is 0.533. The number of rotatable bonds is 0. The zero-order chi connectivity index (χ0) is 10.3.